The minimum atomic E-state index is -0.321. The average Bonchev–Trinajstić information content (AvgIpc) is 3.50. The molecule has 148 valence electrons. The Morgan fingerprint density at radius 1 is 1.11 bits per heavy atom. The summed E-state index contributed by atoms with van der Waals surface area (Å²) in [6.07, 6.45) is 0.561. The lowest BCUT2D eigenvalue weighted by atomic mass is 10.2. The van der Waals surface area contributed by atoms with Gasteiger partial charge in [-0.3, -0.25) is 9.59 Å². The zero-order valence-corrected chi connectivity index (χ0v) is 16.7. The average molecular weight is 382 g/mol. The lowest BCUT2D eigenvalue weighted by Gasteiger charge is -2.21. The molecule has 0 aromatic heterocycles. The number of nitrogens with zero attached hydrogens (tertiary/aromatic N) is 1. The Morgan fingerprint density at radius 3 is 2.54 bits per heavy atom. The molecule has 2 unspecified atom stereocenters. The molecule has 2 aromatic rings. The van der Waals surface area contributed by atoms with Gasteiger partial charge in [-0.05, 0) is 50.1 Å². The van der Waals surface area contributed by atoms with Gasteiger partial charge in [0.15, 0.2) is 0 Å². The summed E-state index contributed by atoms with van der Waals surface area (Å²) in [7, 11) is 3.11. The van der Waals surface area contributed by atoms with Crippen molar-refractivity contribution in [1.82, 2.24) is 0 Å². The fourth-order valence-electron chi connectivity index (χ4n) is 3.35. The lowest BCUT2D eigenvalue weighted by Crippen LogP contribution is -2.33. The third-order valence-electron chi connectivity index (χ3n) is 5.01. The maximum atomic E-state index is 12.9. The molecule has 1 aliphatic carbocycles. The highest BCUT2D eigenvalue weighted by molar-refractivity contribution is 6.04. The Kier molecular flexibility index (Phi) is 5.87. The van der Waals surface area contributed by atoms with Gasteiger partial charge in [0.05, 0.1) is 31.7 Å². The molecule has 2 aromatic carbocycles. The van der Waals surface area contributed by atoms with Crippen molar-refractivity contribution in [1.29, 1.82) is 0 Å². The van der Waals surface area contributed by atoms with Crippen molar-refractivity contribution in [2.75, 3.05) is 31.0 Å². The Labute approximate surface area is 165 Å². The van der Waals surface area contributed by atoms with Crippen LogP contribution in [0.1, 0.15) is 18.9 Å². The van der Waals surface area contributed by atoms with Crippen molar-refractivity contribution in [3.8, 4) is 11.5 Å². The molecule has 2 amide bonds. The van der Waals surface area contributed by atoms with Gasteiger partial charge in [-0.15, -0.1) is 0 Å². The van der Waals surface area contributed by atoms with Crippen LogP contribution in [0.15, 0.2) is 42.5 Å². The molecule has 3 rings (SSSR count). The van der Waals surface area contributed by atoms with Crippen LogP contribution in [-0.2, 0) is 9.59 Å². The number of ether oxygens (including phenoxy) is 2. The van der Waals surface area contributed by atoms with E-state index in [4.69, 9.17) is 9.47 Å². The molecule has 0 heterocycles. The zero-order chi connectivity index (χ0) is 20.3. The number of carbonyl (C=O) groups excluding carboxylic acids is 2. The third kappa shape index (κ3) is 4.11. The molecule has 1 saturated carbocycles. The van der Waals surface area contributed by atoms with Crippen LogP contribution >= 0.6 is 0 Å². The van der Waals surface area contributed by atoms with Crippen LogP contribution < -0.4 is 19.7 Å². The van der Waals surface area contributed by atoms with Gasteiger partial charge in [0.1, 0.15) is 11.5 Å². The van der Waals surface area contributed by atoms with Crippen LogP contribution in [0, 0.1) is 18.8 Å². The van der Waals surface area contributed by atoms with Crippen molar-refractivity contribution in [2.24, 2.45) is 11.8 Å². The molecular formula is C22H26N2O4. The summed E-state index contributed by atoms with van der Waals surface area (Å²) < 4.78 is 10.5. The monoisotopic (exact) mass is 382 g/mol. The van der Waals surface area contributed by atoms with Gasteiger partial charge in [-0.2, -0.15) is 0 Å². The highest BCUT2D eigenvalue weighted by Crippen LogP contribution is 2.42. The fraction of sp³-hybridized carbons (Fsp3) is 0.364. The van der Waals surface area contributed by atoms with E-state index < -0.39 is 0 Å². The van der Waals surface area contributed by atoms with Gasteiger partial charge in [-0.1, -0.05) is 12.1 Å². The molecular weight excluding hydrogens is 356 g/mol. The summed E-state index contributed by atoms with van der Waals surface area (Å²) in [4.78, 5) is 27.3. The minimum absolute atomic E-state index is 0.00468. The Bertz CT molecular complexity index is 881. The zero-order valence-electron chi connectivity index (χ0n) is 16.7. The van der Waals surface area contributed by atoms with Gasteiger partial charge >= 0.3 is 0 Å². The normalized spacial score (nSPS) is 17.6. The second-order valence-corrected chi connectivity index (χ2v) is 6.93. The van der Waals surface area contributed by atoms with E-state index in [-0.39, 0.29) is 23.7 Å². The van der Waals surface area contributed by atoms with Crippen molar-refractivity contribution in [3.05, 3.63) is 48.0 Å². The lowest BCUT2D eigenvalue weighted by molar-refractivity contribution is -0.123. The Hall–Kier alpha value is -3.02. The topological polar surface area (TPSA) is 67.9 Å². The van der Waals surface area contributed by atoms with E-state index in [1.165, 1.54) is 7.11 Å². The second-order valence-electron chi connectivity index (χ2n) is 6.93. The van der Waals surface area contributed by atoms with E-state index in [0.29, 0.717) is 30.2 Å². The SMILES string of the molecule is CCN(C(=O)C1CC1C(=O)Nc1ccc(OC)cc1OC)c1cccc(C)c1. The smallest absolute Gasteiger partial charge is 0.230 e. The van der Waals surface area contributed by atoms with E-state index in [0.717, 1.165) is 11.3 Å². The van der Waals surface area contributed by atoms with Gasteiger partial charge in [0.2, 0.25) is 11.8 Å². The predicted octanol–water partition coefficient (Wildman–Crippen LogP) is 3.64. The first-order valence-corrected chi connectivity index (χ1v) is 9.39. The van der Waals surface area contributed by atoms with Crippen molar-refractivity contribution in [3.63, 3.8) is 0 Å². The van der Waals surface area contributed by atoms with E-state index in [2.05, 4.69) is 5.32 Å². The van der Waals surface area contributed by atoms with E-state index in [1.54, 1.807) is 30.2 Å². The van der Waals surface area contributed by atoms with Crippen LogP contribution in [-0.4, -0.2) is 32.6 Å². The molecule has 0 bridgehead atoms. The third-order valence-corrected chi connectivity index (χ3v) is 5.01. The molecule has 2 atom stereocenters. The van der Waals surface area contributed by atoms with Crippen LogP contribution in [0.25, 0.3) is 0 Å². The molecule has 0 aliphatic heterocycles. The number of carbonyl (C=O) groups is 2. The molecule has 1 N–H and O–H groups in total. The summed E-state index contributed by atoms with van der Waals surface area (Å²) in [6.45, 7) is 4.51. The van der Waals surface area contributed by atoms with Crippen LogP contribution in [0.5, 0.6) is 11.5 Å². The summed E-state index contributed by atoms with van der Waals surface area (Å²) in [5, 5.41) is 2.88. The van der Waals surface area contributed by atoms with Crippen molar-refractivity contribution in [2.45, 2.75) is 20.3 Å². The quantitative estimate of drug-likeness (QED) is 0.794. The number of anilines is 2. The standard InChI is InChI=1S/C22H26N2O4/c1-5-24(15-8-6-7-14(2)11-15)22(26)18-13-17(18)21(25)23-19-10-9-16(27-3)12-20(19)28-4/h6-12,17-18H,5,13H2,1-4H3,(H,23,25). The molecule has 0 saturated heterocycles. The highest BCUT2D eigenvalue weighted by Gasteiger charge is 2.49. The number of hydrogen-bond donors (Lipinski definition) is 1. The second kappa shape index (κ2) is 8.33. The van der Waals surface area contributed by atoms with E-state index in [1.807, 2.05) is 38.1 Å². The van der Waals surface area contributed by atoms with Gasteiger partial charge in [-0.25, -0.2) is 0 Å². The first-order valence-electron chi connectivity index (χ1n) is 9.39. The summed E-state index contributed by atoms with van der Waals surface area (Å²) in [5.41, 5.74) is 2.54. The first-order chi connectivity index (χ1) is 13.5. The molecule has 0 radical (unpaired) electrons. The number of rotatable bonds is 7. The van der Waals surface area contributed by atoms with Gasteiger partial charge in [0.25, 0.3) is 0 Å². The fourth-order valence-corrected chi connectivity index (χ4v) is 3.35. The number of nitrogens with one attached hydrogen (secondary N) is 1. The van der Waals surface area contributed by atoms with E-state index >= 15 is 0 Å². The number of amides is 2. The number of benzene rings is 2. The number of aryl methyl sites for hydroxylation is 1. The predicted molar refractivity (Wildman–Crippen MR) is 109 cm³/mol. The highest BCUT2D eigenvalue weighted by atomic mass is 16.5. The first kappa shape index (κ1) is 19.7. The Morgan fingerprint density at radius 2 is 1.89 bits per heavy atom. The van der Waals surface area contributed by atoms with E-state index in [9.17, 15) is 9.59 Å². The maximum absolute atomic E-state index is 12.9. The summed E-state index contributed by atoms with van der Waals surface area (Å²) >= 11 is 0. The largest absolute Gasteiger partial charge is 0.497 e. The van der Waals surface area contributed by atoms with Crippen LogP contribution in [0.4, 0.5) is 11.4 Å². The molecule has 28 heavy (non-hydrogen) atoms. The van der Waals surface area contributed by atoms with Crippen LogP contribution in [0.3, 0.4) is 0 Å². The molecule has 0 spiro atoms. The minimum Gasteiger partial charge on any atom is -0.497 e. The Balaban J connectivity index is 1.67. The van der Waals surface area contributed by atoms with Crippen molar-refractivity contribution >= 4 is 23.2 Å². The van der Waals surface area contributed by atoms with Crippen LogP contribution in [0.2, 0.25) is 0 Å². The summed E-state index contributed by atoms with van der Waals surface area (Å²) in [5.74, 6) is 0.386. The number of hydrogen-bond acceptors (Lipinski definition) is 4. The van der Waals surface area contributed by atoms with Crippen molar-refractivity contribution < 1.29 is 19.1 Å². The molecule has 6 heteroatoms. The summed E-state index contributed by atoms with van der Waals surface area (Å²) in [6, 6.07) is 13.0. The molecule has 6 nitrogen and oxygen atoms in total. The molecule has 1 fully saturated rings. The number of methoxy groups -OCH3 is 2. The van der Waals surface area contributed by atoms with Gasteiger partial charge in [0, 0.05) is 18.3 Å². The van der Waals surface area contributed by atoms with Gasteiger partial charge < -0.3 is 19.7 Å². The maximum Gasteiger partial charge on any atom is 0.230 e. The molecule has 1 aliphatic rings.